The van der Waals surface area contributed by atoms with Crippen molar-refractivity contribution in [2.45, 2.75) is 39.0 Å². The first-order chi connectivity index (χ1) is 8.33. The fourth-order valence-electron chi connectivity index (χ4n) is 1.70. The molecule has 1 heteroatoms. The van der Waals surface area contributed by atoms with Crippen molar-refractivity contribution in [3.63, 3.8) is 0 Å². The van der Waals surface area contributed by atoms with Gasteiger partial charge in [-0.15, -0.1) is 0 Å². The van der Waals surface area contributed by atoms with Crippen molar-refractivity contribution in [2.75, 3.05) is 6.54 Å². The molecule has 0 aromatic heterocycles. The van der Waals surface area contributed by atoms with E-state index in [1.807, 2.05) is 24.4 Å². The van der Waals surface area contributed by atoms with Crippen LogP contribution in [0.1, 0.15) is 44.6 Å². The summed E-state index contributed by atoms with van der Waals surface area (Å²) in [5, 5.41) is 0. The van der Waals surface area contributed by atoms with Gasteiger partial charge in [-0.25, -0.2) is 0 Å². The number of rotatable bonds is 8. The Bertz CT molecular complexity index is 338. The molecule has 0 aliphatic rings. The van der Waals surface area contributed by atoms with Crippen LogP contribution in [0.3, 0.4) is 0 Å². The highest BCUT2D eigenvalue weighted by molar-refractivity contribution is 5.79. The molecule has 17 heavy (non-hydrogen) atoms. The molecule has 0 fully saturated rings. The standard InChI is InChI=1S/C16H23N/c1-3-4-5-7-10-15(2)13-17-14-16-11-8-6-9-12-16/h6,8-9,11-12,14H,2-5,7,10,13H2,1H3. The lowest BCUT2D eigenvalue weighted by Gasteiger charge is -2.01. The zero-order valence-electron chi connectivity index (χ0n) is 10.9. The zero-order valence-corrected chi connectivity index (χ0v) is 10.9. The summed E-state index contributed by atoms with van der Waals surface area (Å²) in [5.41, 5.74) is 2.40. The van der Waals surface area contributed by atoms with E-state index in [2.05, 4.69) is 30.6 Å². The molecular weight excluding hydrogens is 206 g/mol. The third-order valence-corrected chi connectivity index (χ3v) is 2.74. The Balaban J connectivity index is 2.17. The van der Waals surface area contributed by atoms with E-state index in [1.165, 1.54) is 31.3 Å². The Hall–Kier alpha value is -1.37. The van der Waals surface area contributed by atoms with Crippen molar-refractivity contribution in [1.29, 1.82) is 0 Å². The number of benzene rings is 1. The number of unbranched alkanes of at least 4 members (excludes halogenated alkanes) is 3. The quantitative estimate of drug-likeness (QED) is 0.350. The number of hydrogen-bond donors (Lipinski definition) is 0. The van der Waals surface area contributed by atoms with Crippen LogP contribution in [0.4, 0.5) is 0 Å². The fraction of sp³-hybridized carbons (Fsp3) is 0.438. The van der Waals surface area contributed by atoms with E-state index in [0.717, 1.165) is 18.5 Å². The van der Waals surface area contributed by atoms with Gasteiger partial charge in [0.25, 0.3) is 0 Å². The second-order valence-corrected chi connectivity index (χ2v) is 4.44. The van der Waals surface area contributed by atoms with E-state index in [0.29, 0.717) is 0 Å². The maximum atomic E-state index is 4.42. The fourth-order valence-corrected chi connectivity index (χ4v) is 1.70. The van der Waals surface area contributed by atoms with Crippen LogP contribution in [-0.4, -0.2) is 12.8 Å². The lowest BCUT2D eigenvalue weighted by molar-refractivity contribution is 0.661. The minimum atomic E-state index is 0.765. The summed E-state index contributed by atoms with van der Waals surface area (Å²) in [7, 11) is 0. The van der Waals surface area contributed by atoms with Crippen molar-refractivity contribution in [2.24, 2.45) is 4.99 Å². The average molecular weight is 229 g/mol. The third kappa shape index (κ3) is 6.72. The summed E-state index contributed by atoms with van der Waals surface area (Å²) >= 11 is 0. The summed E-state index contributed by atoms with van der Waals surface area (Å²) < 4.78 is 0. The van der Waals surface area contributed by atoms with Gasteiger partial charge in [-0.3, -0.25) is 4.99 Å². The summed E-state index contributed by atoms with van der Waals surface area (Å²) in [4.78, 5) is 4.42. The first-order valence-corrected chi connectivity index (χ1v) is 6.54. The van der Waals surface area contributed by atoms with Gasteiger partial charge in [0.1, 0.15) is 0 Å². The summed E-state index contributed by atoms with van der Waals surface area (Å²) in [5.74, 6) is 0. The monoisotopic (exact) mass is 229 g/mol. The van der Waals surface area contributed by atoms with E-state index >= 15 is 0 Å². The van der Waals surface area contributed by atoms with Crippen molar-refractivity contribution in [3.8, 4) is 0 Å². The summed E-state index contributed by atoms with van der Waals surface area (Å²) in [6.07, 6.45) is 8.24. The second kappa shape index (κ2) is 8.74. The predicted octanol–water partition coefficient (Wildman–Crippen LogP) is 4.63. The van der Waals surface area contributed by atoms with Crippen LogP contribution in [0.15, 0.2) is 47.5 Å². The van der Waals surface area contributed by atoms with Gasteiger partial charge in [-0.2, -0.15) is 0 Å². The molecule has 92 valence electrons. The largest absolute Gasteiger partial charge is 0.288 e. The number of hydrogen-bond acceptors (Lipinski definition) is 1. The SMILES string of the molecule is C=C(CCCCCC)CN=Cc1ccccc1. The summed E-state index contributed by atoms with van der Waals surface area (Å²) in [6.45, 7) is 7.07. The van der Waals surface area contributed by atoms with E-state index in [-0.39, 0.29) is 0 Å². The molecule has 0 aliphatic heterocycles. The van der Waals surface area contributed by atoms with Gasteiger partial charge >= 0.3 is 0 Å². The lowest BCUT2D eigenvalue weighted by atomic mass is 10.1. The van der Waals surface area contributed by atoms with Crippen LogP contribution in [0.25, 0.3) is 0 Å². The van der Waals surface area contributed by atoms with Gasteiger partial charge in [0.15, 0.2) is 0 Å². The highest BCUT2D eigenvalue weighted by atomic mass is 14.7. The maximum absolute atomic E-state index is 4.42. The maximum Gasteiger partial charge on any atom is 0.0597 e. The molecule has 0 unspecified atom stereocenters. The molecule has 1 aromatic rings. The molecule has 0 N–H and O–H groups in total. The topological polar surface area (TPSA) is 12.4 Å². The van der Waals surface area contributed by atoms with Crippen LogP contribution in [0, 0.1) is 0 Å². The molecule has 0 radical (unpaired) electrons. The third-order valence-electron chi connectivity index (χ3n) is 2.74. The molecule has 0 amide bonds. The van der Waals surface area contributed by atoms with Gasteiger partial charge in [0, 0.05) is 6.21 Å². The van der Waals surface area contributed by atoms with Crippen molar-refractivity contribution in [1.82, 2.24) is 0 Å². The van der Waals surface area contributed by atoms with Crippen LogP contribution in [-0.2, 0) is 0 Å². The Morgan fingerprint density at radius 1 is 1.18 bits per heavy atom. The summed E-state index contributed by atoms with van der Waals surface area (Å²) in [6, 6.07) is 10.2. The predicted molar refractivity (Wildman–Crippen MR) is 76.8 cm³/mol. The van der Waals surface area contributed by atoms with Gasteiger partial charge in [0.2, 0.25) is 0 Å². The van der Waals surface area contributed by atoms with Gasteiger partial charge in [-0.05, 0) is 18.4 Å². The molecule has 0 aliphatic carbocycles. The van der Waals surface area contributed by atoms with Gasteiger partial charge in [0.05, 0.1) is 6.54 Å². The molecule has 0 spiro atoms. The van der Waals surface area contributed by atoms with Crippen LogP contribution in [0.2, 0.25) is 0 Å². The minimum absolute atomic E-state index is 0.765. The molecule has 1 aromatic carbocycles. The molecule has 1 rings (SSSR count). The van der Waals surface area contributed by atoms with E-state index in [1.54, 1.807) is 0 Å². The molecule has 0 heterocycles. The Morgan fingerprint density at radius 3 is 2.65 bits per heavy atom. The second-order valence-electron chi connectivity index (χ2n) is 4.44. The number of aliphatic imine (C=N–C) groups is 1. The molecular formula is C16H23N. The van der Waals surface area contributed by atoms with E-state index < -0.39 is 0 Å². The molecule has 0 bridgehead atoms. The first-order valence-electron chi connectivity index (χ1n) is 6.54. The van der Waals surface area contributed by atoms with Gasteiger partial charge in [-0.1, -0.05) is 68.7 Å². The molecule has 0 atom stereocenters. The van der Waals surface area contributed by atoms with Crippen LogP contribution in [0.5, 0.6) is 0 Å². The van der Waals surface area contributed by atoms with Gasteiger partial charge < -0.3 is 0 Å². The molecule has 1 nitrogen and oxygen atoms in total. The average Bonchev–Trinajstić information content (AvgIpc) is 2.36. The normalized spacial score (nSPS) is 10.9. The van der Waals surface area contributed by atoms with Crippen LogP contribution < -0.4 is 0 Å². The smallest absolute Gasteiger partial charge is 0.0597 e. The van der Waals surface area contributed by atoms with Crippen molar-refractivity contribution < 1.29 is 0 Å². The Labute approximate surface area is 105 Å². The number of nitrogens with zero attached hydrogens (tertiary/aromatic N) is 1. The van der Waals surface area contributed by atoms with E-state index in [9.17, 15) is 0 Å². The van der Waals surface area contributed by atoms with Crippen molar-refractivity contribution >= 4 is 6.21 Å². The van der Waals surface area contributed by atoms with Crippen LogP contribution >= 0.6 is 0 Å². The minimum Gasteiger partial charge on any atom is -0.288 e. The zero-order chi connectivity index (χ0) is 12.3. The first kappa shape index (κ1) is 13.7. The Kier molecular flexibility index (Phi) is 7.04. The van der Waals surface area contributed by atoms with E-state index in [4.69, 9.17) is 0 Å². The lowest BCUT2D eigenvalue weighted by Crippen LogP contribution is -1.89. The highest BCUT2D eigenvalue weighted by Crippen LogP contribution is 2.08. The highest BCUT2D eigenvalue weighted by Gasteiger charge is 1.93. The Morgan fingerprint density at radius 2 is 1.94 bits per heavy atom. The molecule has 0 saturated heterocycles. The van der Waals surface area contributed by atoms with Crippen molar-refractivity contribution in [3.05, 3.63) is 48.0 Å². The molecule has 0 saturated carbocycles.